The summed E-state index contributed by atoms with van der Waals surface area (Å²) < 4.78 is 0. The molecule has 8 heteroatoms. The predicted molar refractivity (Wildman–Crippen MR) is 125 cm³/mol. The smallest absolute Gasteiger partial charge is 0.224 e. The Morgan fingerprint density at radius 2 is 1.91 bits per heavy atom. The molecule has 0 aliphatic heterocycles. The third-order valence-corrected chi connectivity index (χ3v) is 5.07. The molecule has 8 nitrogen and oxygen atoms in total. The van der Waals surface area contributed by atoms with Gasteiger partial charge in [-0.2, -0.15) is 5.10 Å². The molecule has 160 valence electrons. The number of H-pyrrole nitrogens is 2. The van der Waals surface area contributed by atoms with Gasteiger partial charge in [0.25, 0.3) is 0 Å². The monoisotopic (exact) mass is 425 g/mol. The molecule has 0 saturated heterocycles. The van der Waals surface area contributed by atoms with Crippen LogP contribution in [0.1, 0.15) is 27.2 Å². The van der Waals surface area contributed by atoms with Gasteiger partial charge in [0.1, 0.15) is 5.69 Å². The molecule has 0 bridgehead atoms. The van der Waals surface area contributed by atoms with Gasteiger partial charge in [0.05, 0.1) is 40.3 Å². The Morgan fingerprint density at radius 3 is 2.72 bits per heavy atom. The normalized spacial score (nSPS) is 11.8. The molecule has 32 heavy (non-hydrogen) atoms. The summed E-state index contributed by atoms with van der Waals surface area (Å²) >= 11 is 0. The van der Waals surface area contributed by atoms with Crippen molar-refractivity contribution in [3.05, 3.63) is 55.0 Å². The first-order valence-electron chi connectivity index (χ1n) is 10.4. The average Bonchev–Trinajstić information content (AvgIpc) is 3.35. The number of anilines is 1. The standard InChI is InChI=1S/C24H23N7O/c1-24(2,3)10-21(32)27-15-8-14(11-25-12-15)19-9-16-20(13-26-19)30-31-22(16)23-28-17-6-4-5-7-18(17)29-23/h4-9,11-13H,10H2,1-3H3,(H,27,32)(H,28,29)(H,30,31). The summed E-state index contributed by atoms with van der Waals surface area (Å²) in [5.74, 6) is 0.651. The van der Waals surface area contributed by atoms with E-state index in [1.807, 2.05) is 57.2 Å². The van der Waals surface area contributed by atoms with Crippen LogP contribution in [0.3, 0.4) is 0 Å². The van der Waals surface area contributed by atoms with Gasteiger partial charge in [0, 0.05) is 23.6 Å². The van der Waals surface area contributed by atoms with Gasteiger partial charge >= 0.3 is 0 Å². The summed E-state index contributed by atoms with van der Waals surface area (Å²) in [5.41, 5.74) is 5.47. The van der Waals surface area contributed by atoms with E-state index in [0.29, 0.717) is 17.9 Å². The number of aromatic amines is 2. The second-order valence-corrected chi connectivity index (χ2v) is 9.04. The molecule has 5 rings (SSSR count). The van der Waals surface area contributed by atoms with Crippen molar-refractivity contribution < 1.29 is 4.79 Å². The van der Waals surface area contributed by atoms with Crippen molar-refractivity contribution in [2.45, 2.75) is 27.2 Å². The Labute approximate surface area is 184 Å². The fourth-order valence-electron chi connectivity index (χ4n) is 3.66. The number of nitrogens with zero attached hydrogens (tertiary/aromatic N) is 4. The number of benzene rings is 1. The number of aromatic nitrogens is 6. The van der Waals surface area contributed by atoms with E-state index in [1.54, 1.807) is 18.6 Å². The first-order chi connectivity index (χ1) is 15.4. The van der Waals surface area contributed by atoms with Gasteiger partial charge in [-0.25, -0.2) is 4.98 Å². The number of imidazole rings is 1. The van der Waals surface area contributed by atoms with Crippen LogP contribution in [-0.4, -0.2) is 36.0 Å². The second-order valence-electron chi connectivity index (χ2n) is 9.04. The average molecular weight is 425 g/mol. The van der Waals surface area contributed by atoms with E-state index < -0.39 is 0 Å². The number of hydrogen-bond donors (Lipinski definition) is 3. The Balaban J connectivity index is 1.49. The summed E-state index contributed by atoms with van der Waals surface area (Å²) in [6.45, 7) is 6.10. The molecule has 0 atom stereocenters. The van der Waals surface area contributed by atoms with E-state index in [-0.39, 0.29) is 11.3 Å². The highest BCUT2D eigenvalue weighted by Crippen LogP contribution is 2.29. The van der Waals surface area contributed by atoms with E-state index in [1.165, 1.54) is 0 Å². The zero-order valence-corrected chi connectivity index (χ0v) is 18.1. The molecule has 0 radical (unpaired) electrons. The molecule has 1 amide bonds. The minimum absolute atomic E-state index is 0.0399. The van der Waals surface area contributed by atoms with Crippen molar-refractivity contribution in [1.82, 2.24) is 30.1 Å². The fraction of sp³-hybridized carbons (Fsp3) is 0.208. The Morgan fingerprint density at radius 1 is 1.06 bits per heavy atom. The summed E-state index contributed by atoms with van der Waals surface area (Å²) in [7, 11) is 0. The van der Waals surface area contributed by atoms with Crippen molar-refractivity contribution in [3.63, 3.8) is 0 Å². The van der Waals surface area contributed by atoms with Crippen LogP contribution in [0.4, 0.5) is 5.69 Å². The zero-order valence-electron chi connectivity index (χ0n) is 18.1. The Kier molecular flexibility index (Phi) is 4.70. The number of pyridine rings is 2. The van der Waals surface area contributed by atoms with Crippen molar-refractivity contribution in [3.8, 4) is 22.8 Å². The molecule has 0 fully saturated rings. The van der Waals surface area contributed by atoms with Crippen LogP contribution in [0.2, 0.25) is 0 Å². The van der Waals surface area contributed by atoms with Crippen LogP contribution in [0.25, 0.3) is 44.7 Å². The first kappa shape index (κ1) is 19.9. The van der Waals surface area contributed by atoms with Gasteiger partial charge in [-0.05, 0) is 29.7 Å². The molecule has 3 N–H and O–H groups in total. The van der Waals surface area contributed by atoms with Crippen LogP contribution < -0.4 is 5.32 Å². The molecule has 0 aliphatic carbocycles. The number of para-hydroxylation sites is 2. The van der Waals surface area contributed by atoms with Crippen molar-refractivity contribution in [2.75, 3.05) is 5.32 Å². The molecule has 0 unspecified atom stereocenters. The maximum atomic E-state index is 12.3. The summed E-state index contributed by atoms with van der Waals surface area (Å²) in [6.07, 6.45) is 5.54. The topological polar surface area (TPSA) is 112 Å². The number of amides is 1. The number of carbonyl (C=O) groups is 1. The van der Waals surface area contributed by atoms with Gasteiger partial charge in [-0.3, -0.25) is 19.9 Å². The quantitative estimate of drug-likeness (QED) is 0.378. The largest absolute Gasteiger partial charge is 0.337 e. The van der Waals surface area contributed by atoms with Crippen LogP contribution in [0.15, 0.2) is 55.0 Å². The van der Waals surface area contributed by atoms with E-state index in [0.717, 1.165) is 38.9 Å². The molecular formula is C24H23N7O. The van der Waals surface area contributed by atoms with Crippen molar-refractivity contribution >= 4 is 33.5 Å². The van der Waals surface area contributed by atoms with Gasteiger partial charge in [0.15, 0.2) is 5.82 Å². The summed E-state index contributed by atoms with van der Waals surface area (Å²) in [4.78, 5) is 29.1. The fourth-order valence-corrected chi connectivity index (χ4v) is 3.66. The molecule has 0 spiro atoms. The van der Waals surface area contributed by atoms with E-state index in [2.05, 4.69) is 35.5 Å². The second kappa shape index (κ2) is 7.56. The Bertz CT molecular complexity index is 1410. The SMILES string of the molecule is CC(C)(C)CC(=O)Nc1cncc(-c2cc3c(-c4nc5ccccc5[nH]4)n[nH]c3cn2)c1. The van der Waals surface area contributed by atoms with E-state index >= 15 is 0 Å². The van der Waals surface area contributed by atoms with E-state index in [4.69, 9.17) is 0 Å². The number of nitrogens with one attached hydrogen (secondary N) is 3. The maximum absolute atomic E-state index is 12.3. The van der Waals surface area contributed by atoms with Gasteiger partial charge in [-0.1, -0.05) is 32.9 Å². The lowest BCUT2D eigenvalue weighted by Crippen LogP contribution is -2.19. The third-order valence-electron chi connectivity index (χ3n) is 5.07. The lowest BCUT2D eigenvalue weighted by molar-refractivity contribution is -0.117. The van der Waals surface area contributed by atoms with Crippen LogP contribution in [0.5, 0.6) is 0 Å². The first-order valence-corrected chi connectivity index (χ1v) is 10.4. The van der Waals surface area contributed by atoms with Gasteiger partial charge in [0.2, 0.25) is 5.91 Å². The zero-order chi connectivity index (χ0) is 22.3. The molecule has 4 aromatic heterocycles. The van der Waals surface area contributed by atoms with Crippen molar-refractivity contribution in [2.24, 2.45) is 5.41 Å². The molecule has 0 saturated carbocycles. The molecule has 0 aliphatic rings. The van der Waals surface area contributed by atoms with Crippen LogP contribution in [-0.2, 0) is 4.79 Å². The molecule has 5 aromatic rings. The number of fused-ring (bicyclic) bond motifs is 2. The highest BCUT2D eigenvalue weighted by Gasteiger charge is 2.17. The number of hydrogen-bond acceptors (Lipinski definition) is 5. The predicted octanol–water partition coefficient (Wildman–Crippen LogP) is 4.94. The number of carbonyl (C=O) groups excluding carboxylic acids is 1. The lowest BCUT2D eigenvalue weighted by atomic mass is 9.92. The minimum Gasteiger partial charge on any atom is -0.337 e. The molecular weight excluding hydrogens is 402 g/mol. The highest BCUT2D eigenvalue weighted by molar-refractivity contribution is 5.95. The highest BCUT2D eigenvalue weighted by atomic mass is 16.1. The van der Waals surface area contributed by atoms with Gasteiger partial charge in [-0.15, -0.1) is 0 Å². The molecule has 4 heterocycles. The lowest BCUT2D eigenvalue weighted by Gasteiger charge is -2.17. The maximum Gasteiger partial charge on any atom is 0.224 e. The number of rotatable bonds is 4. The van der Waals surface area contributed by atoms with E-state index in [9.17, 15) is 4.79 Å². The van der Waals surface area contributed by atoms with Crippen LogP contribution in [0, 0.1) is 5.41 Å². The van der Waals surface area contributed by atoms with Gasteiger partial charge < -0.3 is 10.3 Å². The summed E-state index contributed by atoms with van der Waals surface area (Å²) in [6, 6.07) is 11.7. The van der Waals surface area contributed by atoms with Crippen LogP contribution >= 0.6 is 0 Å². The van der Waals surface area contributed by atoms with Crippen molar-refractivity contribution in [1.29, 1.82) is 0 Å². The Hall–Kier alpha value is -4.07. The molecule has 1 aromatic carbocycles. The third kappa shape index (κ3) is 3.94. The summed E-state index contributed by atoms with van der Waals surface area (Å²) in [5, 5.41) is 11.3. The minimum atomic E-state index is -0.0873.